The van der Waals surface area contributed by atoms with Gasteiger partial charge in [0.25, 0.3) is 0 Å². The topological polar surface area (TPSA) is 63.5 Å². The van der Waals surface area contributed by atoms with E-state index in [4.69, 9.17) is 9.15 Å². The lowest BCUT2D eigenvalue weighted by Gasteiger charge is -2.20. The number of amides is 2. The van der Waals surface area contributed by atoms with E-state index in [1.54, 1.807) is 12.3 Å². The van der Waals surface area contributed by atoms with Gasteiger partial charge in [-0.1, -0.05) is 30.3 Å². The Morgan fingerprint density at radius 1 is 1.19 bits per heavy atom. The smallest absolute Gasteiger partial charge is 0.315 e. The zero-order chi connectivity index (χ0) is 14.5. The van der Waals surface area contributed by atoms with Crippen LogP contribution in [0.15, 0.2) is 53.1 Å². The summed E-state index contributed by atoms with van der Waals surface area (Å²) in [5.41, 5.74) is 1.09. The molecule has 3 rings (SSSR count). The Balaban J connectivity index is 1.55. The first-order chi connectivity index (χ1) is 10.3. The summed E-state index contributed by atoms with van der Waals surface area (Å²) in [7, 11) is 0. The Labute approximate surface area is 123 Å². The highest BCUT2D eigenvalue weighted by Crippen LogP contribution is 2.28. The quantitative estimate of drug-likeness (QED) is 0.908. The molecule has 0 bridgehead atoms. The van der Waals surface area contributed by atoms with Crippen LogP contribution in [0.25, 0.3) is 0 Å². The molecule has 1 aromatic heterocycles. The van der Waals surface area contributed by atoms with Gasteiger partial charge in [-0.2, -0.15) is 0 Å². The third-order valence-corrected chi connectivity index (χ3v) is 3.54. The molecule has 0 aliphatic carbocycles. The summed E-state index contributed by atoms with van der Waals surface area (Å²) in [5.74, 6) is 0.729. The van der Waals surface area contributed by atoms with Gasteiger partial charge >= 0.3 is 6.03 Å². The summed E-state index contributed by atoms with van der Waals surface area (Å²) in [5, 5.41) is 5.76. The number of carbonyl (C=O) groups excluding carboxylic acids is 1. The van der Waals surface area contributed by atoms with Gasteiger partial charge in [0.05, 0.1) is 18.8 Å². The monoisotopic (exact) mass is 286 g/mol. The molecule has 1 saturated heterocycles. The van der Waals surface area contributed by atoms with Crippen LogP contribution in [0, 0.1) is 0 Å². The number of carbonyl (C=O) groups is 1. The van der Waals surface area contributed by atoms with Gasteiger partial charge in [0.1, 0.15) is 11.9 Å². The predicted molar refractivity (Wildman–Crippen MR) is 77.6 cm³/mol. The molecule has 2 atom stereocenters. The summed E-state index contributed by atoms with van der Waals surface area (Å²) in [4.78, 5) is 12.0. The summed E-state index contributed by atoms with van der Waals surface area (Å²) in [6.45, 7) is 1.03. The molecule has 0 saturated carbocycles. The van der Waals surface area contributed by atoms with Crippen molar-refractivity contribution in [2.24, 2.45) is 0 Å². The molecular formula is C16H18N2O3. The van der Waals surface area contributed by atoms with E-state index < -0.39 is 0 Å². The molecule has 0 radical (unpaired) electrons. The molecule has 5 nitrogen and oxygen atoms in total. The van der Waals surface area contributed by atoms with Gasteiger partial charge in [0.2, 0.25) is 0 Å². The van der Waals surface area contributed by atoms with Crippen LogP contribution < -0.4 is 10.6 Å². The van der Waals surface area contributed by atoms with E-state index in [2.05, 4.69) is 10.6 Å². The highest BCUT2D eigenvalue weighted by molar-refractivity contribution is 5.74. The molecule has 0 spiro atoms. The molecule has 2 heterocycles. The van der Waals surface area contributed by atoms with Crippen molar-refractivity contribution in [2.45, 2.75) is 25.1 Å². The first-order valence-electron chi connectivity index (χ1n) is 7.06. The van der Waals surface area contributed by atoms with Crippen LogP contribution in [0.1, 0.15) is 23.8 Å². The maximum Gasteiger partial charge on any atom is 0.315 e. The number of rotatable bonds is 4. The van der Waals surface area contributed by atoms with Crippen LogP contribution in [-0.4, -0.2) is 18.7 Å². The Morgan fingerprint density at radius 3 is 2.81 bits per heavy atom. The molecule has 2 aromatic rings. The van der Waals surface area contributed by atoms with E-state index in [9.17, 15) is 4.79 Å². The van der Waals surface area contributed by atoms with Crippen molar-refractivity contribution in [3.63, 3.8) is 0 Å². The first-order valence-corrected chi connectivity index (χ1v) is 7.06. The number of benzene rings is 1. The van der Waals surface area contributed by atoms with E-state index in [1.165, 1.54) is 0 Å². The van der Waals surface area contributed by atoms with Gasteiger partial charge in [-0.05, 0) is 24.1 Å². The molecule has 1 aliphatic rings. The number of urea groups is 1. The minimum Gasteiger partial charge on any atom is -0.467 e. The minimum atomic E-state index is -0.206. The standard InChI is InChI=1S/C16H18N2O3/c19-16(17-11-13-7-4-9-20-13)18-14-8-10-21-15(14)12-5-2-1-3-6-12/h1-7,9,14-15H,8,10-11H2,(H2,17,18,19)/t14-,15+/m1/s1. The SMILES string of the molecule is O=C(NCc1ccco1)N[C@@H]1CCO[C@H]1c1ccccc1. The molecular weight excluding hydrogens is 268 g/mol. The molecule has 0 unspecified atom stereocenters. The largest absolute Gasteiger partial charge is 0.467 e. The first kappa shape index (κ1) is 13.7. The van der Waals surface area contributed by atoms with Gasteiger partial charge in [0, 0.05) is 6.61 Å². The summed E-state index contributed by atoms with van der Waals surface area (Å²) >= 11 is 0. The van der Waals surface area contributed by atoms with Crippen LogP contribution in [-0.2, 0) is 11.3 Å². The Bertz CT molecular complexity index is 568. The van der Waals surface area contributed by atoms with Crippen LogP contribution >= 0.6 is 0 Å². The van der Waals surface area contributed by atoms with E-state index in [0.717, 1.165) is 17.7 Å². The van der Waals surface area contributed by atoms with Crippen LogP contribution in [0.4, 0.5) is 4.79 Å². The lowest BCUT2D eigenvalue weighted by Crippen LogP contribution is -2.43. The Kier molecular flexibility index (Phi) is 4.21. The van der Waals surface area contributed by atoms with Crippen LogP contribution in [0.3, 0.4) is 0 Å². The summed E-state index contributed by atoms with van der Waals surface area (Å²) < 4.78 is 10.9. The van der Waals surface area contributed by atoms with Gasteiger partial charge in [-0.25, -0.2) is 4.79 Å². The molecule has 2 N–H and O–H groups in total. The fraction of sp³-hybridized carbons (Fsp3) is 0.312. The van der Waals surface area contributed by atoms with Crippen molar-refractivity contribution < 1.29 is 13.9 Å². The lowest BCUT2D eigenvalue weighted by atomic mass is 10.0. The van der Waals surface area contributed by atoms with Crippen molar-refractivity contribution in [1.29, 1.82) is 0 Å². The molecule has 1 aliphatic heterocycles. The number of furan rings is 1. The molecule has 2 amide bonds. The lowest BCUT2D eigenvalue weighted by molar-refractivity contribution is 0.0999. The zero-order valence-corrected chi connectivity index (χ0v) is 11.6. The fourth-order valence-corrected chi connectivity index (χ4v) is 2.51. The maximum atomic E-state index is 12.0. The third-order valence-electron chi connectivity index (χ3n) is 3.54. The van der Waals surface area contributed by atoms with Crippen molar-refractivity contribution in [1.82, 2.24) is 10.6 Å². The van der Waals surface area contributed by atoms with E-state index in [-0.39, 0.29) is 18.2 Å². The normalized spacial score (nSPS) is 21.1. The average molecular weight is 286 g/mol. The second kappa shape index (κ2) is 6.45. The number of ether oxygens (including phenoxy) is 1. The Hall–Kier alpha value is -2.27. The number of hydrogen-bond donors (Lipinski definition) is 2. The van der Waals surface area contributed by atoms with Gasteiger partial charge < -0.3 is 19.8 Å². The van der Waals surface area contributed by atoms with Crippen LogP contribution in [0.2, 0.25) is 0 Å². The van der Waals surface area contributed by atoms with Crippen molar-refractivity contribution in [3.8, 4) is 0 Å². The van der Waals surface area contributed by atoms with Gasteiger partial charge in [-0.15, -0.1) is 0 Å². The molecule has 1 fully saturated rings. The highest BCUT2D eigenvalue weighted by Gasteiger charge is 2.30. The number of nitrogens with one attached hydrogen (secondary N) is 2. The average Bonchev–Trinajstić information content (AvgIpc) is 3.17. The predicted octanol–water partition coefficient (Wildman–Crippen LogP) is 2.61. The molecule has 110 valence electrons. The summed E-state index contributed by atoms with van der Waals surface area (Å²) in [6, 6.07) is 13.4. The van der Waals surface area contributed by atoms with E-state index >= 15 is 0 Å². The van der Waals surface area contributed by atoms with Crippen LogP contribution in [0.5, 0.6) is 0 Å². The van der Waals surface area contributed by atoms with Crippen molar-refractivity contribution in [3.05, 3.63) is 60.1 Å². The van der Waals surface area contributed by atoms with Crippen molar-refractivity contribution >= 4 is 6.03 Å². The second-order valence-corrected chi connectivity index (χ2v) is 5.00. The number of hydrogen-bond acceptors (Lipinski definition) is 3. The fourth-order valence-electron chi connectivity index (χ4n) is 2.51. The summed E-state index contributed by atoms with van der Waals surface area (Å²) in [6.07, 6.45) is 2.32. The van der Waals surface area contributed by atoms with Crippen molar-refractivity contribution in [2.75, 3.05) is 6.61 Å². The molecule has 1 aromatic carbocycles. The molecule has 21 heavy (non-hydrogen) atoms. The van der Waals surface area contributed by atoms with Gasteiger partial charge in [-0.3, -0.25) is 0 Å². The third kappa shape index (κ3) is 3.44. The molecule has 5 heteroatoms. The Morgan fingerprint density at radius 2 is 2.05 bits per heavy atom. The van der Waals surface area contributed by atoms with E-state index in [1.807, 2.05) is 36.4 Å². The second-order valence-electron chi connectivity index (χ2n) is 5.00. The zero-order valence-electron chi connectivity index (χ0n) is 11.6. The minimum absolute atomic E-state index is 0.0102. The van der Waals surface area contributed by atoms with E-state index in [0.29, 0.717) is 13.2 Å². The maximum absolute atomic E-state index is 12.0. The highest BCUT2D eigenvalue weighted by atomic mass is 16.5. The van der Waals surface area contributed by atoms with Gasteiger partial charge in [0.15, 0.2) is 0 Å².